The van der Waals surface area contributed by atoms with Crippen LogP contribution in [0.2, 0.25) is 0 Å². The number of nitrogens with two attached hydrogens (primary N) is 2. The van der Waals surface area contributed by atoms with Crippen LogP contribution in [0.5, 0.6) is 0 Å². The Kier molecular flexibility index (Phi) is 6.81. The van der Waals surface area contributed by atoms with Crippen LogP contribution < -0.4 is 11.5 Å². The topological polar surface area (TPSA) is 52.0 Å². The maximum atomic E-state index is 5.83. The first-order chi connectivity index (χ1) is 3.77. The molecule has 0 atom stereocenters. The summed E-state index contributed by atoms with van der Waals surface area (Å²) < 4.78 is 0. The Morgan fingerprint density at radius 3 is 1.70 bits per heavy atom. The van der Waals surface area contributed by atoms with E-state index in [4.69, 9.17) is 11.5 Å². The number of rotatable bonds is 1. The van der Waals surface area contributed by atoms with Crippen LogP contribution in [0.3, 0.4) is 0 Å². The first-order valence-corrected chi connectivity index (χ1v) is 3.26. The summed E-state index contributed by atoms with van der Waals surface area (Å²) in [5.74, 6) is 0. The SMILES string of the molecule is Cl.Cl.NCC1(N)CCCC1. The zero-order valence-electron chi connectivity index (χ0n) is 6.01. The highest BCUT2D eigenvalue weighted by Crippen LogP contribution is 2.25. The van der Waals surface area contributed by atoms with E-state index in [1.807, 2.05) is 0 Å². The normalized spacial score (nSPS) is 21.0. The van der Waals surface area contributed by atoms with Gasteiger partial charge in [0.05, 0.1) is 0 Å². The molecule has 0 unspecified atom stereocenters. The molecule has 10 heavy (non-hydrogen) atoms. The van der Waals surface area contributed by atoms with Crippen LogP contribution in [0.1, 0.15) is 25.7 Å². The fourth-order valence-electron chi connectivity index (χ4n) is 1.28. The molecule has 1 fully saturated rings. The van der Waals surface area contributed by atoms with Crippen molar-refractivity contribution in [2.45, 2.75) is 31.2 Å². The summed E-state index contributed by atoms with van der Waals surface area (Å²) >= 11 is 0. The predicted molar refractivity (Wildman–Crippen MR) is 48.9 cm³/mol. The molecule has 1 saturated carbocycles. The van der Waals surface area contributed by atoms with Crippen molar-refractivity contribution in [1.82, 2.24) is 0 Å². The van der Waals surface area contributed by atoms with E-state index in [-0.39, 0.29) is 30.4 Å². The standard InChI is InChI=1S/C6H14N2.2ClH/c7-5-6(8)3-1-2-4-6;;/h1-5,7-8H2;2*1H. The van der Waals surface area contributed by atoms with Gasteiger partial charge in [-0.1, -0.05) is 12.8 Å². The van der Waals surface area contributed by atoms with E-state index >= 15 is 0 Å². The van der Waals surface area contributed by atoms with Crippen LogP contribution in [0.4, 0.5) is 0 Å². The molecule has 64 valence electrons. The summed E-state index contributed by atoms with van der Waals surface area (Å²) in [4.78, 5) is 0. The van der Waals surface area contributed by atoms with Crippen molar-refractivity contribution < 1.29 is 0 Å². The van der Waals surface area contributed by atoms with Crippen molar-refractivity contribution in [1.29, 1.82) is 0 Å². The third-order valence-electron chi connectivity index (χ3n) is 2.01. The smallest absolute Gasteiger partial charge is 0.0278 e. The Labute approximate surface area is 74.5 Å². The maximum Gasteiger partial charge on any atom is 0.0278 e. The zero-order chi connectivity index (χ0) is 6.04. The molecule has 0 aromatic rings. The van der Waals surface area contributed by atoms with Crippen molar-refractivity contribution in [3.8, 4) is 0 Å². The van der Waals surface area contributed by atoms with Crippen LogP contribution in [0.25, 0.3) is 0 Å². The van der Waals surface area contributed by atoms with Crippen molar-refractivity contribution in [3.05, 3.63) is 0 Å². The molecule has 4 heteroatoms. The van der Waals surface area contributed by atoms with Crippen molar-refractivity contribution >= 4 is 24.8 Å². The second kappa shape index (κ2) is 5.19. The van der Waals surface area contributed by atoms with Gasteiger partial charge in [0.15, 0.2) is 0 Å². The average molecular weight is 187 g/mol. The van der Waals surface area contributed by atoms with E-state index in [0.29, 0.717) is 6.54 Å². The molecular weight excluding hydrogens is 171 g/mol. The monoisotopic (exact) mass is 186 g/mol. The third kappa shape index (κ3) is 3.06. The van der Waals surface area contributed by atoms with E-state index in [9.17, 15) is 0 Å². The molecule has 1 rings (SSSR count). The van der Waals surface area contributed by atoms with Crippen molar-refractivity contribution in [2.24, 2.45) is 11.5 Å². The van der Waals surface area contributed by atoms with Crippen molar-refractivity contribution in [2.75, 3.05) is 6.54 Å². The second-order valence-electron chi connectivity index (χ2n) is 2.77. The molecule has 1 aliphatic rings. The highest BCUT2D eigenvalue weighted by atomic mass is 35.5. The number of hydrogen-bond acceptors (Lipinski definition) is 2. The van der Waals surface area contributed by atoms with Gasteiger partial charge in [0.25, 0.3) is 0 Å². The Morgan fingerprint density at radius 1 is 1.10 bits per heavy atom. The summed E-state index contributed by atoms with van der Waals surface area (Å²) in [6, 6.07) is 0. The maximum absolute atomic E-state index is 5.83. The molecule has 2 nitrogen and oxygen atoms in total. The van der Waals surface area contributed by atoms with Gasteiger partial charge in [-0.3, -0.25) is 0 Å². The molecule has 0 aromatic carbocycles. The largest absolute Gasteiger partial charge is 0.329 e. The van der Waals surface area contributed by atoms with Gasteiger partial charge in [0, 0.05) is 12.1 Å². The second-order valence-corrected chi connectivity index (χ2v) is 2.77. The van der Waals surface area contributed by atoms with Crippen LogP contribution >= 0.6 is 24.8 Å². The van der Waals surface area contributed by atoms with Gasteiger partial charge in [-0.2, -0.15) is 0 Å². The molecule has 0 radical (unpaired) electrons. The summed E-state index contributed by atoms with van der Waals surface area (Å²) in [6.45, 7) is 0.660. The Bertz CT molecular complexity index is 81.8. The van der Waals surface area contributed by atoms with Gasteiger partial charge < -0.3 is 11.5 Å². The van der Waals surface area contributed by atoms with Crippen LogP contribution in [-0.4, -0.2) is 12.1 Å². The molecule has 0 spiro atoms. The lowest BCUT2D eigenvalue weighted by atomic mass is 10.0. The van der Waals surface area contributed by atoms with E-state index in [2.05, 4.69) is 0 Å². The van der Waals surface area contributed by atoms with E-state index in [1.54, 1.807) is 0 Å². The van der Waals surface area contributed by atoms with Crippen LogP contribution in [-0.2, 0) is 0 Å². The minimum Gasteiger partial charge on any atom is -0.329 e. The number of hydrogen-bond donors (Lipinski definition) is 2. The highest BCUT2D eigenvalue weighted by molar-refractivity contribution is 5.85. The van der Waals surface area contributed by atoms with Gasteiger partial charge in [-0.25, -0.2) is 0 Å². The third-order valence-corrected chi connectivity index (χ3v) is 2.01. The van der Waals surface area contributed by atoms with Gasteiger partial charge in [-0.15, -0.1) is 24.8 Å². The first kappa shape index (κ1) is 13.1. The molecule has 0 heterocycles. The lowest BCUT2D eigenvalue weighted by Crippen LogP contribution is -2.43. The lowest BCUT2D eigenvalue weighted by molar-refractivity contribution is 0.451. The Morgan fingerprint density at radius 2 is 1.50 bits per heavy atom. The van der Waals surface area contributed by atoms with Gasteiger partial charge in [0.1, 0.15) is 0 Å². The fourth-order valence-corrected chi connectivity index (χ4v) is 1.28. The van der Waals surface area contributed by atoms with Crippen molar-refractivity contribution in [3.63, 3.8) is 0 Å². The summed E-state index contributed by atoms with van der Waals surface area (Å²) in [7, 11) is 0. The number of halogens is 2. The Balaban J connectivity index is 0. The zero-order valence-corrected chi connectivity index (χ0v) is 7.64. The average Bonchev–Trinajstić information content (AvgIpc) is 2.17. The quantitative estimate of drug-likeness (QED) is 0.644. The molecule has 0 aromatic heterocycles. The molecule has 1 aliphatic carbocycles. The molecule has 0 bridgehead atoms. The van der Waals surface area contributed by atoms with E-state index in [1.165, 1.54) is 12.8 Å². The summed E-state index contributed by atoms with van der Waals surface area (Å²) in [5.41, 5.74) is 11.3. The molecular formula is C6H16Cl2N2. The Hall–Kier alpha value is 0.500. The molecule has 0 amide bonds. The van der Waals surface area contributed by atoms with Gasteiger partial charge in [-0.05, 0) is 12.8 Å². The van der Waals surface area contributed by atoms with Gasteiger partial charge >= 0.3 is 0 Å². The summed E-state index contributed by atoms with van der Waals surface area (Å²) in [5, 5.41) is 0. The lowest BCUT2D eigenvalue weighted by Gasteiger charge is -2.19. The van der Waals surface area contributed by atoms with Crippen LogP contribution in [0, 0.1) is 0 Å². The van der Waals surface area contributed by atoms with Crippen LogP contribution in [0.15, 0.2) is 0 Å². The van der Waals surface area contributed by atoms with Gasteiger partial charge in [0.2, 0.25) is 0 Å². The fraction of sp³-hybridized carbons (Fsp3) is 1.00. The summed E-state index contributed by atoms with van der Waals surface area (Å²) in [6.07, 6.45) is 4.80. The van der Waals surface area contributed by atoms with E-state index in [0.717, 1.165) is 12.8 Å². The first-order valence-electron chi connectivity index (χ1n) is 3.26. The predicted octanol–water partition coefficient (Wildman–Crippen LogP) is 1.06. The molecule has 0 aliphatic heterocycles. The minimum absolute atomic E-state index is 0. The molecule has 4 N–H and O–H groups in total. The minimum atomic E-state index is 0. The highest BCUT2D eigenvalue weighted by Gasteiger charge is 2.26. The van der Waals surface area contributed by atoms with E-state index < -0.39 is 0 Å². The molecule has 0 saturated heterocycles.